The Morgan fingerprint density at radius 2 is 2.11 bits per heavy atom. The zero-order chi connectivity index (χ0) is 13.7. The maximum Gasteiger partial charge on any atom is 0.251 e. The number of hydrogen-bond donors (Lipinski definition) is 2. The lowest BCUT2D eigenvalue weighted by Gasteiger charge is -2.13. The minimum atomic E-state index is 0.00937. The Kier molecular flexibility index (Phi) is 4.80. The fourth-order valence-corrected chi connectivity index (χ4v) is 1.91. The molecule has 0 saturated heterocycles. The van der Waals surface area contributed by atoms with Gasteiger partial charge in [-0.3, -0.25) is 4.79 Å². The summed E-state index contributed by atoms with van der Waals surface area (Å²) >= 11 is 0. The molecule has 19 heavy (non-hydrogen) atoms. The van der Waals surface area contributed by atoms with Gasteiger partial charge in [-0.05, 0) is 44.0 Å². The number of hydrogen-bond acceptors (Lipinski definition) is 3. The summed E-state index contributed by atoms with van der Waals surface area (Å²) in [6.07, 6.45) is 3.60. The lowest BCUT2D eigenvalue weighted by atomic mass is 10.2. The van der Waals surface area contributed by atoms with E-state index >= 15 is 0 Å². The van der Waals surface area contributed by atoms with Crippen LogP contribution < -0.4 is 15.5 Å². The van der Waals surface area contributed by atoms with Gasteiger partial charge in [0.05, 0.1) is 0 Å². The third-order valence-electron chi connectivity index (χ3n) is 3.27. The molecule has 4 nitrogen and oxygen atoms in total. The number of rotatable bonds is 7. The van der Waals surface area contributed by atoms with Gasteiger partial charge in [-0.2, -0.15) is 0 Å². The van der Waals surface area contributed by atoms with Gasteiger partial charge in [0, 0.05) is 37.9 Å². The Hall–Kier alpha value is -1.55. The van der Waals surface area contributed by atoms with Crippen LogP contribution in [-0.4, -0.2) is 39.1 Å². The van der Waals surface area contributed by atoms with Crippen LogP contribution in [0, 0.1) is 0 Å². The molecule has 0 spiro atoms. The molecule has 1 saturated carbocycles. The van der Waals surface area contributed by atoms with Crippen molar-refractivity contribution < 1.29 is 4.79 Å². The largest absolute Gasteiger partial charge is 0.378 e. The standard InChI is InChI=1S/C15H23N3O/c1-18(2)14-6-3-5-12(11-14)15(19)17-10-4-9-16-13-7-8-13/h3,5-6,11,13,16H,4,7-10H2,1-2H3,(H,17,19). The minimum Gasteiger partial charge on any atom is -0.378 e. The Morgan fingerprint density at radius 3 is 2.79 bits per heavy atom. The van der Waals surface area contributed by atoms with E-state index in [1.807, 2.05) is 43.3 Å². The van der Waals surface area contributed by atoms with E-state index in [4.69, 9.17) is 0 Å². The van der Waals surface area contributed by atoms with Gasteiger partial charge in [-0.1, -0.05) is 6.07 Å². The smallest absolute Gasteiger partial charge is 0.251 e. The van der Waals surface area contributed by atoms with Crippen LogP contribution in [0.5, 0.6) is 0 Å². The van der Waals surface area contributed by atoms with Gasteiger partial charge in [0.1, 0.15) is 0 Å². The maximum atomic E-state index is 12.0. The molecule has 4 heteroatoms. The molecule has 0 bridgehead atoms. The summed E-state index contributed by atoms with van der Waals surface area (Å²) in [6.45, 7) is 1.72. The van der Waals surface area contributed by atoms with Crippen LogP contribution in [0.2, 0.25) is 0 Å². The molecular weight excluding hydrogens is 238 g/mol. The summed E-state index contributed by atoms with van der Waals surface area (Å²) in [5, 5.41) is 6.40. The summed E-state index contributed by atoms with van der Waals surface area (Å²) in [7, 11) is 3.95. The van der Waals surface area contributed by atoms with Crippen molar-refractivity contribution in [2.75, 3.05) is 32.1 Å². The van der Waals surface area contributed by atoms with E-state index in [0.717, 1.165) is 36.8 Å². The molecule has 1 fully saturated rings. The lowest BCUT2D eigenvalue weighted by molar-refractivity contribution is 0.0953. The summed E-state index contributed by atoms with van der Waals surface area (Å²) in [6, 6.07) is 8.42. The van der Waals surface area contributed by atoms with Crippen molar-refractivity contribution >= 4 is 11.6 Å². The van der Waals surface area contributed by atoms with Crippen LogP contribution in [0.25, 0.3) is 0 Å². The lowest BCUT2D eigenvalue weighted by Crippen LogP contribution is -2.28. The van der Waals surface area contributed by atoms with Gasteiger partial charge in [0.25, 0.3) is 5.91 Å². The highest BCUT2D eigenvalue weighted by Gasteiger charge is 2.19. The third-order valence-corrected chi connectivity index (χ3v) is 3.27. The number of nitrogens with one attached hydrogen (secondary N) is 2. The molecule has 1 aromatic rings. The van der Waals surface area contributed by atoms with Gasteiger partial charge in [0.15, 0.2) is 0 Å². The molecule has 0 atom stereocenters. The molecule has 1 aliphatic rings. The van der Waals surface area contributed by atoms with Crippen LogP contribution in [0.1, 0.15) is 29.6 Å². The summed E-state index contributed by atoms with van der Waals surface area (Å²) < 4.78 is 0. The molecule has 2 rings (SSSR count). The fraction of sp³-hybridized carbons (Fsp3) is 0.533. The van der Waals surface area contributed by atoms with Crippen LogP contribution in [0.15, 0.2) is 24.3 Å². The zero-order valence-corrected chi connectivity index (χ0v) is 11.8. The number of benzene rings is 1. The number of amides is 1. The maximum absolute atomic E-state index is 12.0. The average molecular weight is 261 g/mol. The SMILES string of the molecule is CN(C)c1cccc(C(=O)NCCCNC2CC2)c1. The Bertz CT molecular complexity index is 427. The van der Waals surface area contributed by atoms with E-state index in [0.29, 0.717) is 0 Å². The molecule has 0 heterocycles. The van der Waals surface area contributed by atoms with Crippen LogP contribution in [0.3, 0.4) is 0 Å². The molecule has 0 aromatic heterocycles. The second-order valence-electron chi connectivity index (χ2n) is 5.28. The van der Waals surface area contributed by atoms with Gasteiger partial charge >= 0.3 is 0 Å². The van der Waals surface area contributed by atoms with E-state index in [1.165, 1.54) is 12.8 Å². The summed E-state index contributed by atoms with van der Waals surface area (Å²) in [5.41, 5.74) is 1.77. The monoisotopic (exact) mass is 261 g/mol. The van der Waals surface area contributed by atoms with Crippen molar-refractivity contribution in [3.63, 3.8) is 0 Å². The summed E-state index contributed by atoms with van der Waals surface area (Å²) in [5.74, 6) is 0.00937. The first-order valence-electron chi connectivity index (χ1n) is 6.96. The molecule has 0 aliphatic heterocycles. The van der Waals surface area contributed by atoms with Gasteiger partial charge < -0.3 is 15.5 Å². The highest BCUT2D eigenvalue weighted by Crippen LogP contribution is 2.18. The van der Waals surface area contributed by atoms with Crippen molar-refractivity contribution in [1.82, 2.24) is 10.6 Å². The van der Waals surface area contributed by atoms with E-state index < -0.39 is 0 Å². The molecular formula is C15H23N3O. The molecule has 1 amide bonds. The predicted molar refractivity (Wildman–Crippen MR) is 78.7 cm³/mol. The topological polar surface area (TPSA) is 44.4 Å². The van der Waals surface area contributed by atoms with Crippen LogP contribution in [0.4, 0.5) is 5.69 Å². The molecule has 2 N–H and O–H groups in total. The first-order chi connectivity index (χ1) is 9.16. The number of anilines is 1. The van der Waals surface area contributed by atoms with Crippen molar-refractivity contribution in [2.45, 2.75) is 25.3 Å². The van der Waals surface area contributed by atoms with Gasteiger partial charge in [-0.25, -0.2) is 0 Å². The second-order valence-corrected chi connectivity index (χ2v) is 5.28. The van der Waals surface area contributed by atoms with Crippen molar-refractivity contribution in [3.8, 4) is 0 Å². The highest BCUT2D eigenvalue weighted by molar-refractivity contribution is 5.95. The summed E-state index contributed by atoms with van der Waals surface area (Å²) in [4.78, 5) is 14.0. The Morgan fingerprint density at radius 1 is 1.32 bits per heavy atom. The van der Waals surface area contributed by atoms with Gasteiger partial charge in [-0.15, -0.1) is 0 Å². The van der Waals surface area contributed by atoms with E-state index in [-0.39, 0.29) is 5.91 Å². The number of carbonyl (C=O) groups is 1. The van der Waals surface area contributed by atoms with E-state index in [1.54, 1.807) is 0 Å². The first-order valence-corrected chi connectivity index (χ1v) is 6.96. The normalized spacial score (nSPS) is 14.2. The van der Waals surface area contributed by atoms with E-state index in [2.05, 4.69) is 10.6 Å². The average Bonchev–Trinajstić information content (AvgIpc) is 3.22. The van der Waals surface area contributed by atoms with Gasteiger partial charge in [0.2, 0.25) is 0 Å². The molecule has 0 radical (unpaired) electrons. The highest BCUT2D eigenvalue weighted by atomic mass is 16.1. The van der Waals surface area contributed by atoms with Crippen LogP contribution >= 0.6 is 0 Å². The fourth-order valence-electron chi connectivity index (χ4n) is 1.91. The van der Waals surface area contributed by atoms with Crippen molar-refractivity contribution in [2.24, 2.45) is 0 Å². The number of carbonyl (C=O) groups excluding carboxylic acids is 1. The Balaban J connectivity index is 1.73. The van der Waals surface area contributed by atoms with Crippen LogP contribution in [-0.2, 0) is 0 Å². The quantitative estimate of drug-likeness (QED) is 0.733. The molecule has 0 unspecified atom stereocenters. The van der Waals surface area contributed by atoms with E-state index in [9.17, 15) is 4.79 Å². The number of nitrogens with zero attached hydrogens (tertiary/aromatic N) is 1. The molecule has 1 aromatic carbocycles. The van der Waals surface area contributed by atoms with Crippen molar-refractivity contribution in [3.05, 3.63) is 29.8 Å². The predicted octanol–water partition coefficient (Wildman–Crippen LogP) is 1.62. The first kappa shape index (κ1) is 13.9. The zero-order valence-electron chi connectivity index (χ0n) is 11.8. The second kappa shape index (κ2) is 6.57. The minimum absolute atomic E-state index is 0.00937. The molecule has 1 aliphatic carbocycles. The Labute approximate surface area is 115 Å². The van der Waals surface area contributed by atoms with Crippen molar-refractivity contribution in [1.29, 1.82) is 0 Å². The molecule has 104 valence electrons. The third kappa shape index (κ3) is 4.56.